The molecule has 3 aromatic rings. The minimum atomic E-state index is -4.53. The number of aryl methyl sites for hydroxylation is 3. The highest BCUT2D eigenvalue weighted by Crippen LogP contribution is 2.37. The molecule has 0 saturated heterocycles. The van der Waals surface area contributed by atoms with Crippen LogP contribution in [0.2, 0.25) is 0 Å². The van der Waals surface area contributed by atoms with E-state index in [1.54, 1.807) is 25.6 Å². The van der Waals surface area contributed by atoms with E-state index in [9.17, 15) is 21.9 Å². The van der Waals surface area contributed by atoms with Gasteiger partial charge in [-0.3, -0.25) is 9.36 Å². The first kappa shape index (κ1) is 19.6. The number of halogens is 3. The Morgan fingerprint density at radius 2 is 1.85 bits per heavy atom. The molecule has 12 heteroatoms. The lowest BCUT2D eigenvalue weighted by molar-refractivity contribution is -0.143. The SMILES string of the molecule is Cc1nn(C)c(C)c1N[S+](=O)(O)c1ccc(-c2cc(C(F)(F)F)n(C)n2)s1. The summed E-state index contributed by atoms with van der Waals surface area (Å²) >= 11 is 0.905. The third kappa shape index (κ3) is 3.64. The van der Waals surface area contributed by atoms with E-state index in [0.717, 1.165) is 22.1 Å². The van der Waals surface area contributed by atoms with Crippen molar-refractivity contribution < 1.29 is 21.9 Å². The zero-order chi connectivity index (χ0) is 20.1. The number of aromatic nitrogens is 4. The molecule has 0 aliphatic heterocycles. The zero-order valence-electron chi connectivity index (χ0n) is 14.8. The molecule has 0 bridgehead atoms. The third-order valence-electron chi connectivity index (χ3n) is 4.03. The summed E-state index contributed by atoms with van der Waals surface area (Å²) < 4.78 is 67.0. The summed E-state index contributed by atoms with van der Waals surface area (Å²) in [5.41, 5.74) is 0.887. The molecular formula is C15H17F3N5O2S2+. The van der Waals surface area contributed by atoms with E-state index in [1.165, 1.54) is 19.2 Å². The highest BCUT2D eigenvalue weighted by Gasteiger charge is 2.37. The van der Waals surface area contributed by atoms with Gasteiger partial charge in [0.05, 0.1) is 16.3 Å². The molecule has 3 heterocycles. The summed E-state index contributed by atoms with van der Waals surface area (Å²) in [5, 5.41) is 8.04. The first-order valence-electron chi connectivity index (χ1n) is 7.66. The third-order valence-corrected chi connectivity index (χ3v) is 7.02. The molecule has 1 unspecified atom stereocenters. The van der Waals surface area contributed by atoms with Gasteiger partial charge in [-0.25, -0.2) is 0 Å². The van der Waals surface area contributed by atoms with Gasteiger partial charge in [-0.15, -0.1) is 0 Å². The van der Waals surface area contributed by atoms with Crippen LogP contribution in [0.5, 0.6) is 0 Å². The lowest BCUT2D eigenvalue weighted by Gasteiger charge is -2.05. The second kappa shape index (κ2) is 6.46. The van der Waals surface area contributed by atoms with Crippen molar-refractivity contribution in [3.8, 4) is 10.6 Å². The fourth-order valence-corrected chi connectivity index (χ4v) is 5.03. The van der Waals surface area contributed by atoms with Gasteiger partial charge in [0, 0.05) is 20.2 Å². The lowest BCUT2D eigenvalue weighted by atomic mass is 10.3. The predicted molar refractivity (Wildman–Crippen MR) is 96.8 cm³/mol. The van der Waals surface area contributed by atoms with Crippen LogP contribution in [0.1, 0.15) is 17.1 Å². The Labute approximate surface area is 158 Å². The summed E-state index contributed by atoms with van der Waals surface area (Å²) in [6.07, 6.45) is -4.53. The topological polar surface area (TPSA) is 85.0 Å². The van der Waals surface area contributed by atoms with Gasteiger partial charge in [-0.1, -0.05) is 11.3 Å². The Morgan fingerprint density at radius 3 is 2.37 bits per heavy atom. The van der Waals surface area contributed by atoms with E-state index in [2.05, 4.69) is 14.9 Å². The molecule has 3 aromatic heterocycles. The Hall–Kier alpha value is -2.18. The maximum atomic E-state index is 12.9. The van der Waals surface area contributed by atoms with E-state index < -0.39 is 22.3 Å². The number of nitrogens with one attached hydrogen (secondary N) is 1. The molecule has 0 radical (unpaired) electrons. The summed E-state index contributed by atoms with van der Waals surface area (Å²) in [4.78, 5) is 0.360. The molecule has 0 spiro atoms. The molecule has 0 aliphatic carbocycles. The largest absolute Gasteiger partial charge is 0.433 e. The van der Waals surface area contributed by atoms with Gasteiger partial charge in [-0.2, -0.15) is 32.6 Å². The molecule has 0 aromatic carbocycles. The van der Waals surface area contributed by atoms with Crippen molar-refractivity contribution in [1.29, 1.82) is 0 Å². The van der Waals surface area contributed by atoms with Gasteiger partial charge in [0.15, 0.2) is 0 Å². The van der Waals surface area contributed by atoms with Gasteiger partial charge in [0.1, 0.15) is 17.1 Å². The van der Waals surface area contributed by atoms with Gasteiger partial charge in [0.25, 0.3) is 4.21 Å². The number of hydrogen-bond donors (Lipinski definition) is 2. The minimum Gasteiger partial charge on any atom is -0.270 e. The molecule has 2 N–H and O–H groups in total. The molecule has 0 saturated carbocycles. The Bertz CT molecular complexity index is 1050. The van der Waals surface area contributed by atoms with Crippen molar-refractivity contribution in [2.45, 2.75) is 24.2 Å². The van der Waals surface area contributed by atoms with E-state index in [0.29, 0.717) is 22.0 Å². The molecule has 27 heavy (non-hydrogen) atoms. The number of alkyl halides is 3. The van der Waals surface area contributed by atoms with Gasteiger partial charge in [-0.05, 0) is 30.2 Å². The Balaban J connectivity index is 1.92. The van der Waals surface area contributed by atoms with Crippen LogP contribution in [0.25, 0.3) is 10.6 Å². The van der Waals surface area contributed by atoms with E-state index in [1.807, 2.05) is 0 Å². The van der Waals surface area contributed by atoms with Crippen molar-refractivity contribution in [1.82, 2.24) is 19.6 Å². The zero-order valence-corrected chi connectivity index (χ0v) is 16.5. The minimum absolute atomic E-state index is 0.0827. The first-order valence-corrected chi connectivity index (χ1v) is 9.99. The summed E-state index contributed by atoms with van der Waals surface area (Å²) in [6, 6.07) is 3.79. The van der Waals surface area contributed by atoms with Crippen molar-refractivity contribution in [2.24, 2.45) is 14.1 Å². The van der Waals surface area contributed by atoms with Crippen LogP contribution in [0.3, 0.4) is 0 Å². The fraction of sp³-hybridized carbons (Fsp3) is 0.333. The quantitative estimate of drug-likeness (QED) is 0.628. The van der Waals surface area contributed by atoms with E-state index >= 15 is 0 Å². The average Bonchev–Trinajstić information content (AvgIpc) is 3.22. The Kier molecular flexibility index (Phi) is 4.68. The summed E-state index contributed by atoms with van der Waals surface area (Å²) in [5.74, 6) is 0. The van der Waals surface area contributed by atoms with Gasteiger partial charge < -0.3 is 0 Å². The monoisotopic (exact) mass is 420 g/mol. The van der Waals surface area contributed by atoms with Crippen molar-refractivity contribution in [3.63, 3.8) is 0 Å². The van der Waals surface area contributed by atoms with Crippen LogP contribution < -0.4 is 4.72 Å². The van der Waals surface area contributed by atoms with Crippen molar-refractivity contribution in [2.75, 3.05) is 4.72 Å². The smallest absolute Gasteiger partial charge is 0.270 e. The lowest BCUT2D eigenvalue weighted by Crippen LogP contribution is -2.20. The van der Waals surface area contributed by atoms with Crippen LogP contribution in [-0.2, 0) is 34.9 Å². The van der Waals surface area contributed by atoms with Crippen molar-refractivity contribution in [3.05, 3.63) is 35.3 Å². The van der Waals surface area contributed by atoms with Gasteiger partial charge in [0.2, 0.25) is 0 Å². The molecule has 0 fully saturated rings. The second-order valence-corrected chi connectivity index (χ2v) is 8.99. The standard InChI is InChI=1S/C15H16F3N5O2S2/c1-8-14(9(2)22(3)19-8)21-27(24,25)13-6-5-11(26-13)10-7-12(15(16,17)18)23(4)20-10/h5-7H,1-4H3,(H-,21,24,25)/p+1. The van der Waals surface area contributed by atoms with Crippen LogP contribution in [-0.4, -0.2) is 24.1 Å². The molecular weight excluding hydrogens is 403 g/mol. The predicted octanol–water partition coefficient (Wildman–Crippen LogP) is 3.88. The molecule has 7 nitrogen and oxygen atoms in total. The molecule has 3 rings (SSSR count). The van der Waals surface area contributed by atoms with E-state index in [4.69, 9.17) is 0 Å². The number of anilines is 1. The molecule has 146 valence electrons. The number of hydrogen-bond acceptors (Lipinski definition) is 4. The summed E-state index contributed by atoms with van der Waals surface area (Å²) in [6.45, 7) is 3.46. The first-order chi connectivity index (χ1) is 12.4. The van der Waals surface area contributed by atoms with Gasteiger partial charge >= 0.3 is 16.6 Å². The maximum absolute atomic E-state index is 12.9. The molecule has 1 atom stereocenters. The number of rotatable bonds is 4. The maximum Gasteiger partial charge on any atom is 0.433 e. The number of thiophene rings is 1. The Morgan fingerprint density at radius 1 is 1.19 bits per heavy atom. The molecule has 0 aliphatic rings. The van der Waals surface area contributed by atoms with Crippen LogP contribution in [0.15, 0.2) is 22.4 Å². The summed E-state index contributed by atoms with van der Waals surface area (Å²) in [7, 11) is -0.738. The highest BCUT2D eigenvalue weighted by atomic mass is 32.3. The van der Waals surface area contributed by atoms with Crippen LogP contribution in [0, 0.1) is 13.8 Å². The second-order valence-electron chi connectivity index (χ2n) is 5.95. The average molecular weight is 420 g/mol. The van der Waals surface area contributed by atoms with Crippen LogP contribution in [0.4, 0.5) is 18.9 Å². The fourth-order valence-electron chi connectivity index (χ4n) is 2.57. The van der Waals surface area contributed by atoms with Crippen LogP contribution >= 0.6 is 11.3 Å². The van der Waals surface area contributed by atoms with E-state index in [-0.39, 0.29) is 9.90 Å². The normalized spacial score (nSPS) is 14.4. The van der Waals surface area contributed by atoms with Crippen molar-refractivity contribution >= 4 is 27.4 Å². The highest BCUT2D eigenvalue weighted by molar-refractivity contribution is 8.00. The number of nitrogens with zero attached hydrogens (tertiary/aromatic N) is 4. The molecule has 0 amide bonds.